The van der Waals surface area contributed by atoms with Crippen LogP contribution in [0.2, 0.25) is 0 Å². The number of urea groups is 1. The standard InChI is InChI=1S/C21H23N5O/c22-11-17-2-1-3-19(10-17)24-21(27)26-14-18-4-5-20(26)15-25(13-18)12-16-6-8-23-9-7-16/h1-3,6-10,18,20H,4-5,12-15H2,(H,24,27)/t18-,20+/m0/s1. The summed E-state index contributed by atoms with van der Waals surface area (Å²) < 4.78 is 0. The van der Waals surface area contributed by atoms with Crippen LogP contribution in [0.15, 0.2) is 48.8 Å². The molecule has 138 valence electrons. The maximum absolute atomic E-state index is 12.9. The molecule has 0 aliphatic carbocycles. The number of rotatable bonds is 3. The van der Waals surface area contributed by atoms with Crippen LogP contribution in [-0.4, -0.2) is 46.5 Å². The first kappa shape index (κ1) is 17.5. The molecule has 0 spiro atoms. The largest absolute Gasteiger partial charge is 0.322 e. The van der Waals surface area contributed by atoms with Crippen LogP contribution in [0.4, 0.5) is 10.5 Å². The van der Waals surface area contributed by atoms with Crippen molar-refractivity contribution >= 4 is 11.7 Å². The molecule has 5 rings (SSSR count). The maximum atomic E-state index is 12.9. The summed E-state index contributed by atoms with van der Waals surface area (Å²) in [5.41, 5.74) is 2.48. The van der Waals surface area contributed by atoms with Crippen molar-refractivity contribution < 1.29 is 4.79 Å². The number of benzene rings is 1. The Labute approximate surface area is 159 Å². The van der Waals surface area contributed by atoms with Crippen molar-refractivity contribution in [3.63, 3.8) is 0 Å². The van der Waals surface area contributed by atoms with E-state index in [1.54, 1.807) is 18.2 Å². The van der Waals surface area contributed by atoms with Crippen molar-refractivity contribution in [2.75, 3.05) is 25.0 Å². The van der Waals surface area contributed by atoms with Crippen molar-refractivity contribution in [3.05, 3.63) is 59.9 Å². The Kier molecular flexibility index (Phi) is 5.03. The fourth-order valence-electron chi connectivity index (χ4n) is 4.17. The molecule has 2 bridgehead atoms. The number of nitriles is 1. The van der Waals surface area contributed by atoms with Gasteiger partial charge in [-0.15, -0.1) is 0 Å². The third kappa shape index (κ3) is 4.09. The number of hydrogen-bond donors (Lipinski definition) is 1. The molecule has 1 aromatic heterocycles. The zero-order chi connectivity index (χ0) is 18.6. The second-order valence-corrected chi connectivity index (χ2v) is 7.42. The minimum Gasteiger partial charge on any atom is -0.320 e. The van der Waals surface area contributed by atoms with E-state index in [9.17, 15) is 4.79 Å². The van der Waals surface area contributed by atoms with E-state index in [4.69, 9.17) is 5.26 Å². The van der Waals surface area contributed by atoms with E-state index in [-0.39, 0.29) is 12.1 Å². The van der Waals surface area contributed by atoms with E-state index in [1.807, 2.05) is 23.4 Å². The van der Waals surface area contributed by atoms with Crippen molar-refractivity contribution in [1.82, 2.24) is 14.8 Å². The third-order valence-electron chi connectivity index (χ3n) is 5.45. The summed E-state index contributed by atoms with van der Waals surface area (Å²) in [7, 11) is 0. The van der Waals surface area contributed by atoms with Crippen molar-refractivity contribution in [2.24, 2.45) is 5.92 Å². The van der Waals surface area contributed by atoms with Gasteiger partial charge in [-0.1, -0.05) is 6.07 Å². The van der Waals surface area contributed by atoms with Crippen LogP contribution in [0.1, 0.15) is 24.0 Å². The van der Waals surface area contributed by atoms with Gasteiger partial charge < -0.3 is 10.2 Å². The Morgan fingerprint density at radius 2 is 2.04 bits per heavy atom. The van der Waals surface area contributed by atoms with Gasteiger partial charge in [-0.3, -0.25) is 9.88 Å². The molecule has 0 saturated carbocycles. The number of anilines is 1. The average Bonchev–Trinajstić information content (AvgIpc) is 2.99. The van der Waals surface area contributed by atoms with E-state index < -0.39 is 0 Å². The zero-order valence-electron chi connectivity index (χ0n) is 15.2. The molecular formula is C21H23N5O. The highest BCUT2D eigenvalue weighted by Gasteiger charge is 2.37. The Morgan fingerprint density at radius 1 is 1.19 bits per heavy atom. The lowest BCUT2D eigenvalue weighted by atomic mass is 9.95. The number of nitrogens with zero attached hydrogens (tertiary/aromatic N) is 4. The number of amides is 2. The second kappa shape index (κ2) is 7.77. The van der Waals surface area contributed by atoms with Gasteiger partial charge in [0.05, 0.1) is 11.6 Å². The summed E-state index contributed by atoms with van der Waals surface area (Å²) in [5, 5.41) is 12.0. The molecule has 4 heterocycles. The molecular weight excluding hydrogens is 338 g/mol. The predicted molar refractivity (Wildman–Crippen MR) is 103 cm³/mol. The van der Waals surface area contributed by atoms with Crippen molar-refractivity contribution in [1.29, 1.82) is 5.26 Å². The topological polar surface area (TPSA) is 72.3 Å². The third-order valence-corrected chi connectivity index (χ3v) is 5.45. The second-order valence-electron chi connectivity index (χ2n) is 7.42. The van der Waals surface area contributed by atoms with Crippen molar-refractivity contribution in [2.45, 2.75) is 25.4 Å². The van der Waals surface area contributed by atoms with Crippen LogP contribution in [0, 0.1) is 17.2 Å². The van der Waals surface area contributed by atoms with Crippen LogP contribution in [-0.2, 0) is 6.54 Å². The molecule has 3 saturated heterocycles. The number of pyridine rings is 1. The van der Waals surface area contributed by atoms with Crippen LogP contribution < -0.4 is 5.32 Å². The number of carbonyl (C=O) groups excluding carboxylic acids is 1. The van der Waals surface area contributed by atoms with Gasteiger partial charge in [-0.05, 0) is 54.7 Å². The number of aromatic nitrogens is 1. The van der Waals surface area contributed by atoms with E-state index in [2.05, 4.69) is 33.4 Å². The molecule has 6 nitrogen and oxygen atoms in total. The van der Waals surface area contributed by atoms with Gasteiger partial charge in [0.1, 0.15) is 0 Å². The molecule has 3 fully saturated rings. The Bertz CT molecular complexity index is 847. The Hall–Kier alpha value is -2.91. The van der Waals surface area contributed by atoms with Crippen LogP contribution in [0.5, 0.6) is 0 Å². The molecule has 3 aliphatic heterocycles. The van der Waals surface area contributed by atoms with E-state index in [1.165, 1.54) is 12.0 Å². The smallest absolute Gasteiger partial charge is 0.320 e. The minimum atomic E-state index is -0.0643. The first-order valence-corrected chi connectivity index (χ1v) is 9.40. The lowest BCUT2D eigenvalue weighted by molar-refractivity contribution is 0.151. The molecule has 6 heteroatoms. The number of fused-ring (bicyclic) bond motifs is 4. The van der Waals surface area contributed by atoms with E-state index in [0.717, 1.165) is 32.6 Å². The summed E-state index contributed by atoms with van der Waals surface area (Å²) in [6.45, 7) is 3.60. The van der Waals surface area contributed by atoms with E-state index >= 15 is 0 Å². The highest BCUT2D eigenvalue weighted by atomic mass is 16.2. The number of nitrogens with one attached hydrogen (secondary N) is 1. The molecule has 2 aromatic rings. The Balaban J connectivity index is 1.44. The van der Waals surface area contributed by atoms with Gasteiger partial charge in [-0.25, -0.2) is 4.79 Å². The molecule has 0 unspecified atom stereocenters. The first-order chi connectivity index (χ1) is 13.2. The molecule has 3 aliphatic rings. The normalized spacial score (nSPS) is 22.1. The molecule has 27 heavy (non-hydrogen) atoms. The first-order valence-electron chi connectivity index (χ1n) is 9.40. The van der Waals surface area contributed by atoms with Gasteiger partial charge in [0, 0.05) is 50.3 Å². The predicted octanol–water partition coefficient (Wildman–Crippen LogP) is 3.08. The lowest BCUT2D eigenvalue weighted by Crippen LogP contribution is -2.49. The highest BCUT2D eigenvalue weighted by Crippen LogP contribution is 2.29. The summed E-state index contributed by atoms with van der Waals surface area (Å²) in [6.07, 6.45) is 5.88. The minimum absolute atomic E-state index is 0.0643. The zero-order valence-corrected chi connectivity index (χ0v) is 15.2. The molecule has 1 N–H and O–H groups in total. The fraction of sp³-hybridized carbons (Fsp3) is 0.381. The van der Waals surface area contributed by atoms with Gasteiger partial charge in [0.15, 0.2) is 0 Å². The van der Waals surface area contributed by atoms with Gasteiger partial charge in [0.25, 0.3) is 0 Å². The van der Waals surface area contributed by atoms with Gasteiger partial charge in [-0.2, -0.15) is 5.26 Å². The Morgan fingerprint density at radius 3 is 2.85 bits per heavy atom. The average molecular weight is 361 g/mol. The maximum Gasteiger partial charge on any atom is 0.322 e. The van der Waals surface area contributed by atoms with Gasteiger partial charge in [0.2, 0.25) is 0 Å². The summed E-state index contributed by atoms with van der Waals surface area (Å²) in [4.78, 5) is 21.4. The van der Waals surface area contributed by atoms with Crippen LogP contribution in [0.3, 0.4) is 0 Å². The molecule has 0 radical (unpaired) electrons. The van der Waals surface area contributed by atoms with Crippen molar-refractivity contribution in [3.8, 4) is 6.07 Å². The SMILES string of the molecule is N#Cc1cccc(NC(=O)N2C[C@H]3CC[C@@H]2CN(Cc2ccncc2)C3)c1. The number of carbonyl (C=O) groups is 1. The van der Waals surface area contributed by atoms with Crippen LogP contribution in [0.25, 0.3) is 0 Å². The summed E-state index contributed by atoms with van der Waals surface area (Å²) >= 11 is 0. The monoisotopic (exact) mass is 361 g/mol. The molecule has 2 amide bonds. The quantitative estimate of drug-likeness (QED) is 0.912. The lowest BCUT2D eigenvalue weighted by Gasteiger charge is -2.36. The highest BCUT2D eigenvalue weighted by molar-refractivity contribution is 5.89. The number of piperidine rings is 1. The fourth-order valence-corrected chi connectivity index (χ4v) is 4.17. The van der Waals surface area contributed by atoms with E-state index in [0.29, 0.717) is 17.2 Å². The molecule has 2 atom stereocenters. The summed E-state index contributed by atoms with van der Waals surface area (Å²) in [5.74, 6) is 0.502. The van der Waals surface area contributed by atoms with Gasteiger partial charge >= 0.3 is 6.03 Å². The van der Waals surface area contributed by atoms with Crippen LogP contribution >= 0.6 is 0 Å². The summed E-state index contributed by atoms with van der Waals surface area (Å²) in [6, 6.07) is 13.4. The molecule has 1 aromatic carbocycles. The number of hydrogen-bond acceptors (Lipinski definition) is 4.